The number of carbonyl (C=O) groups excluding carboxylic acids is 1. The van der Waals surface area contributed by atoms with E-state index >= 15 is 0 Å². The summed E-state index contributed by atoms with van der Waals surface area (Å²) in [5.74, 6) is 1.11. The van der Waals surface area contributed by atoms with Gasteiger partial charge in [-0.05, 0) is 109 Å². The normalized spacial score (nSPS) is 11.4. The molecule has 0 aliphatic carbocycles. The van der Waals surface area contributed by atoms with E-state index in [4.69, 9.17) is 4.74 Å². The Hall–Kier alpha value is -4.43. The maximum Gasteiger partial charge on any atom is 0.326 e. The highest BCUT2D eigenvalue weighted by molar-refractivity contribution is 6.03. The third kappa shape index (κ3) is 9.10. The molecule has 0 atom stereocenters. The zero-order valence-electron chi connectivity index (χ0n) is 28.9. The predicted octanol–water partition coefficient (Wildman–Crippen LogP) is 8.95. The van der Waals surface area contributed by atoms with E-state index in [-0.39, 0.29) is 29.1 Å². The summed E-state index contributed by atoms with van der Waals surface area (Å²) in [5, 5.41) is 4.01. The van der Waals surface area contributed by atoms with Gasteiger partial charge in [0.1, 0.15) is 17.1 Å². The molecular weight excluding hydrogens is 586 g/mol. The fourth-order valence-electron chi connectivity index (χ4n) is 5.82. The number of ether oxygens (including phenoxy) is 1. The van der Waals surface area contributed by atoms with Crippen molar-refractivity contribution in [2.24, 2.45) is 0 Å². The fraction of sp³-hybridized carbons (Fsp3) is 0.410. The summed E-state index contributed by atoms with van der Waals surface area (Å²) in [6, 6.07) is 17.7. The van der Waals surface area contributed by atoms with E-state index in [9.17, 15) is 9.59 Å². The third-order valence-electron chi connectivity index (χ3n) is 8.55. The minimum absolute atomic E-state index is 0.131. The number of H-pyrrole nitrogens is 1. The van der Waals surface area contributed by atoms with Gasteiger partial charge in [-0.2, -0.15) is 0 Å². The third-order valence-corrected chi connectivity index (χ3v) is 8.55. The van der Waals surface area contributed by atoms with Crippen LogP contribution in [-0.2, 0) is 0 Å². The van der Waals surface area contributed by atoms with E-state index in [1.165, 1.54) is 4.90 Å². The predicted molar refractivity (Wildman–Crippen MR) is 196 cm³/mol. The highest BCUT2D eigenvalue weighted by atomic mass is 16.5. The van der Waals surface area contributed by atoms with Crippen LogP contribution in [0.5, 0.6) is 5.75 Å². The molecule has 0 spiro atoms. The first-order valence-electron chi connectivity index (χ1n) is 17.0. The number of hydrogen-bond acceptors (Lipinski definition) is 5. The maximum atomic E-state index is 14.2. The fourth-order valence-corrected chi connectivity index (χ4v) is 5.82. The molecule has 2 amide bonds. The number of pyridine rings is 2. The molecular formula is C39H51N5O3. The van der Waals surface area contributed by atoms with Gasteiger partial charge < -0.3 is 19.9 Å². The standard InChI is InChI=1S/C39H51N5O3/c1-8-11-12-21-44(35-26-30-17-14-19-40-37(30)42-38(35)45)39(46)41-36-33(27(4)5)24-31(25-34(36)28(6)7)29-16-13-18-32(23-29)47-22-15-20-43(9-2)10-3/h8,13-14,16-19,23-28H,1,9-12,15,20-22H2,2-7H3,(H,41,46)(H,40,42,45). The van der Waals surface area contributed by atoms with Crippen LogP contribution in [0.15, 0.2) is 78.2 Å². The van der Waals surface area contributed by atoms with Crippen LogP contribution in [0.4, 0.5) is 16.2 Å². The zero-order valence-corrected chi connectivity index (χ0v) is 28.9. The van der Waals surface area contributed by atoms with Gasteiger partial charge in [0.15, 0.2) is 0 Å². The molecule has 8 heteroatoms. The summed E-state index contributed by atoms with van der Waals surface area (Å²) >= 11 is 0. The van der Waals surface area contributed by atoms with Crippen molar-refractivity contribution in [3.05, 3.63) is 94.9 Å². The van der Waals surface area contributed by atoms with Gasteiger partial charge in [0, 0.05) is 30.4 Å². The Labute approximate surface area is 279 Å². The monoisotopic (exact) mass is 637 g/mol. The number of hydrogen-bond donors (Lipinski definition) is 2. The van der Waals surface area contributed by atoms with E-state index in [1.54, 1.807) is 12.3 Å². The number of urea groups is 1. The van der Waals surface area contributed by atoms with Gasteiger partial charge in [0.05, 0.1) is 6.61 Å². The Kier molecular flexibility index (Phi) is 12.8. The number of carbonyl (C=O) groups is 1. The Balaban J connectivity index is 1.67. The van der Waals surface area contributed by atoms with Crippen molar-refractivity contribution in [1.29, 1.82) is 0 Å². The molecule has 8 nitrogen and oxygen atoms in total. The highest BCUT2D eigenvalue weighted by Crippen LogP contribution is 2.38. The SMILES string of the molecule is C=CCCCN(C(=O)Nc1c(C(C)C)cc(-c2cccc(OCCCN(CC)CC)c2)cc1C(C)C)c1cc2cccnc2[nH]c1=O. The van der Waals surface area contributed by atoms with E-state index in [0.29, 0.717) is 25.2 Å². The second kappa shape index (κ2) is 16.9. The maximum absolute atomic E-state index is 14.2. The molecule has 0 aliphatic rings. The van der Waals surface area contributed by atoms with Crippen LogP contribution in [0.25, 0.3) is 22.2 Å². The van der Waals surface area contributed by atoms with Crippen molar-refractivity contribution in [2.45, 2.75) is 72.6 Å². The van der Waals surface area contributed by atoms with Crippen LogP contribution in [0.3, 0.4) is 0 Å². The lowest BCUT2D eigenvalue weighted by atomic mass is 9.88. The summed E-state index contributed by atoms with van der Waals surface area (Å²) in [6.45, 7) is 20.9. The summed E-state index contributed by atoms with van der Waals surface area (Å²) in [5.41, 5.74) is 5.42. The summed E-state index contributed by atoms with van der Waals surface area (Å²) in [4.78, 5) is 38.4. The molecule has 2 aromatic heterocycles. The van der Waals surface area contributed by atoms with Gasteiger partial charge in [-0.3, -0.25) is 9.69 Å². The molecule has 0 saturated carbocycles. The molecule has 4 rings (SSSR count). The number of unbranched alkanes of at least 4 members (excludes halogenated alkanes) is 1. The topological polar surface area (TPSA) is 90.6 Å². The number of nitrogens with zero attached hydrogens (tertiary/aromatic N) is 3. The quantitative estimate of drug-likeness (QED) is 0.0946. The molecule has 2 heterocycles. The Morgan fingerprint density at radius 3 is 2.34 bits per heavy atom. The van der Waals surface area contributed by atoms with Crippen LogP contribution in [0, 0.1) is 0 Å². The minimum atomic E-state index is -0.358. The van der Waals surface area contributed by atoms with E-state index < -0.39 is 0 Å². The van der Waals surface area contributed by atoms with Crippen LogP contribution in [-0.4, -0.2) is 53.7 Å². The van der Waals surface area contributed by atoms with Crippen LogP contribution in [0.1, 0.15) is 83.8 Å². The van der Waals surface area contributed by atoms with Gasteiger partial charge >= 0.3 is 6.03 Å². The Bertz CT molecular complexity index is 1680. The number of benzene rings is 2. The molecule has 0 unspecified atom stereocenters. The van der Waals surface area contributed by atoms with Crippen molar-refractivity contribution in [3.63, 3.8) is 0 Å². The average molecular weight is 638 g/mol. The van der Waals surface area contributed by atoms with Gasteiger partial charge in [0.2, 0.25) is 0 Å². The van der Waals surface area contributed by atoms with E-state index in [1.807, 2.05) is 30.3 Å². The lowest BCUT2D eigenvalue weighted by molar-refractivity contribution is 0.249. The first-order chi connectivity index (χ1) is 22.7. The first kappa shape index (κ1) is 35.4. The van der Waals surface area contributed by atoms with Crippen LogP contribution in [0.2, 0.25) is 0 Å². The average Bonchev–Trinajstić information content (AvgIpc) is 3.06. The number of allylic oxidation sites excluding steroid dienone is 1. The summed E-state index contributed by atoms with van der Waals surface area (Å²) in [7, 11) is 0. The highest BCUT2D eigenvalue weighted by Gasteiger charge is 2.24. The Morgan fingerprint density at radius 2 is 1.68 bits per heavy atom. The number of rotatable bonds is 16. The molecule has 250 valence electrons. The minimum Gasteiger partial charge on any atom is -0.494 e. The first-order valence-corrected chi connectivity index (χ1v) is 17.0. The second-order valence-corrected chi connectivity index (χ2v) is 12.5. The lowest BCUT2D eigenvalue weighted by Gasteiger charge is -2.27. The largest absolute Gasteiger partial charge is 0.494 e. The molecule has 4 aromatic rings. The number of anilines is 2. The van der Waals surface area contributed by atoms with Crippen molar-refractivity contribution < 1.29 is 9.53 Å². The van der Waals surface area contributed by atoms with E-state index in [2.05, 4.69) is 92.6 Å². The number of fused-ring (bicyclic) bond motifs is 1. The van der Waals surface area contributed by atoms with Crippen molar-refractivity contribution >= 4 is 28.4 Å². The molecule has 0 fully saturated rings. The van der Waals surface area contributed by atoms with Gasteiger partial charge in [-0.15, -0.1) is 6.58 Å². The molecule has 2 aromatic carbocycles. The zero-order chi connectivity index (χ0) is 33.9. The van der Waals surface area contributed by atoms with Crippen molar-refractivity contribution in [1.82, 2.24) is 14.9 Å². The van der Waals surface area contributed by atoms with Gasteiger partial charge in [0.25, 0.3) is 5.56 Å². The molecule has 0 aliphatic heterocycles. The number of aromatic amines is 1. The smallest absolute Gasteiger partial charge is 0.326 e. The second-order valence-electron chi connectivity index (χ2n) is 12.5. The van der Waals surface area contributed by atoms with Crippen molar-refractivity contribution in [3.8, 4) is 16.9 Å². The van der Waals surface area contributed by atoms with Crippen molar-refractivity contribution in [2.75, 3.05) is 43.0 Å². The lowest BCUT2D eigenvalue weighted by Crippen LogP contribution is -2.39. The molecule has 0 saturated heterocycles. The van der Waals surface area contributed by atoms with Crippen LogP contribution >= 0.6 is 0 Å². The summed E-state index contributed by atoms with van der Waals surface area (Å²) < 4.78 is 6.16. The molecule has 0 bridgehead atoms. The molecule has 0 radical (unpaired) electrons. The summed E-state index contributed by atoms with van der Waals surface area (Å²) in [6.07, 6.45) is 5.82. The van der Waals surface area contributed by atoms with E-state index in [0.717, 1.165) is 71.6 Å². The number of nitrogens with one attached hydrogen (secondary N) is 2. The van der Waals surface area contributed by atoms with Gasteiger partial charge in [-0.1, -0.05) is 59.8 Å². The molecule has 47 heavy (non-hydrogen) atoms. The van der Waals surface area contributed by atoms with Gasteiger partial charge in [-0.25, -0.2) is 9.78 Å². The number of aromatic nitrogens is 2. The van der Waals surface area contributed by atoms with Crippen LogP contribution < -0.4 is 20.5 Å². The number of amides is 2. The molecule has 2 N–H and O–H groups in total. The Morgan fingerprint density at radius 1 is 0.957 bits per heavy atom.